The van der Waals surface area contributed by atoms with E-state index in [1.807, 2.05) is 29.8 Å². The van der Waals surface area contributed by atoms with Crippen molar-refractivity contribution in [3.05, 3.63) is 30.1 Å². The number of nitrogens with zero attached hydrogens (tertiary/aromatic N) is 2. The minimum atomic E-state index is -0.550. The van der Waals surface area contributed by atoms with Crippen molar-refractivity contribution in [2.24, 2.45) is 12.8 Å². The van der Waals surface area contributed by atoms with Crippen molar-refractivity contribution in [1.82, 2.24) is 9.55 Å². The number of hydrogen-bond donors (Lipinski definition) is 2. The number of hydrogen-bond acceptors (Lipinski definition) is 3. The average molecular weight is 205 g/mol. The molecule has 1 aromatic carbocycles. The molecule has 80 valence electrons. The third-order valence-corrected chi connectivity index (χ3v) is 2.65. The maximum atomic E-state index is 9.40. The van der Waals surface area contributed by atoms with Crippen molar-refractivity contribution in [3.8, 4) is 0 Å². The highest BCUT2D eigenvalue weighted by atomic mass is 16.3. The minimum absolute atomic E-state index is 0.351. The Hall–Kier alpha value is -1.39. The van der Waals surface area contributed by atoms with Crippen molar-refractivity contribution in [2.45, 2.75) is 19.1 Å². The van der Waals surface area contributed by atoms with Crippen LogP contribution in [0.25, 0.3) is 11.0 Å². The van der Waals surface area contributed by atoms with E-state index in [0.717, 1.165) is 16.6 Å². The monoisotopic (exact) mass is 205 g/mol. The molecule has 0 fully saturated rings. The van der Waals surface area contributed by atoms with Gasteiger partial charge in [-0.15, -0.1) is 0 Å². The Morgan fingerprint density at radius 3 is 2.87 bits per heavy atom. The van der Waals surface area contributed by atoms with Gasteiger partial charge in [0.25, 0.3) is 0 Å². The SMILES string of the molecule is CC(O)C(N)c1ccc2c(c1)ncn2C. The molecular formula is C11H15N3O. The molecule has 0 aliphatic rings. The summed E-state index contributed by atoms with van der Waals surface area (Å²) in [6.45, 7) is 1.69. The molecule has 0 aliphatic carbocycles. The third-order valence-electron chi connectivity index (χ3n) is 2.65. The van der Waals surface area contributed by atoms with Gasteiger partial charge in [0, 0.05) is 7.05 Å². The molecule has 0 amide bonds. The fraction of sp³-hybridized carbons (Fsp3) is 0.364. The molecule has 0 saturated carbocycles. The molecule has 0 saturated heterocycles. The molecule has 2 atom stereocenters. The highest BCUT2D eigenvalue weighted by Crippen LogP contribution is 2.19. The quantitative estimate of drug-likeness (QED) is 0.767. The molecule has 0 bridgehead atoms. The molecule has 0 spiro atoms. The number of nitrogens with two attached hydrogens (primary N) is 1. The number of rotatable bonds is 2. The van der Waals surface area contributed by atoms with Crippen LogP contribution in [-0.2, 0) is 7.05 Å². The number of aliphatic hydroxyl groups is 1. The molecule has 1 heterocycles. The lowest BCUT2D eigenvalue weighted by Gasteiger charge is -2.14. The molecule has 4 nitrogen and oxygen atoms in total. The number of aryl methyl sites for hydroxylation is 1. The van der Waals surface area contributed by atoms with E-state index in [-0.39, 0.29) is 6.04 Å². The van der Waals surface area contributed by atoms with Gasteiger partial charge in [-0.2, -0.15) is 0 Å². The Labute approximate surface area is 88.3 Å². The van der Waals surface area contributed by atoms with Crippen LogP contribution in [0.1, 0.15) is 18.5 Å². The van der Waals surface area contributed by atoms with E-state index in [1.54, 1.807) is 13.3 Å². The Morgan fingerprint density at radius 1 is 1.47 bits per heavy atom. The predicted octanol–water partition coefficient (Wildman–Crippen LogP) is 0.954. The largest absolute Gasteiger partial charge is 0.391 e. The van der Waals surface area contributed by atoms with E-state index in [2.05, 4.69) is 4.98 Å². The second-order valence-electron chi connectivity index (χ2n) is 3.87. The highest BCUT2D eigenvalue weighted by Gasteiger charge is 2.12. The van der Waals surface area contributed by atoms with Crippen molar-refractivity contribution >= 4 is 11.0 Å². The molecule has 3 N–H and O–H groups in total. The molecule has 0 aliphatic heterocycles. The number of aliphatic hydroxyl groups excluding tert-OH is 1. The minimum Gasteiger partial charge on any atom is -0.391 e. The zero-order valence-electron chi connectivity index (χ0n) is 8.88. The van der Waals surface area contributed by atoms with E-state index in [4.69, 9.17) is 5.73 Å². The van der Waals surface area contributed by atoms with Gasteiger partial charge in [0.05, 0.1) is 29.5 Å². The summed E-state index contributed by atoms with van der Waals surface area (Å²) in [6, 6.07) is 5.48. The van der Waals surface area contributed by atoms with Crippen molar-refractivity contribution < 1.29 is 5.11 Å². The fourth-order valence-corrected chi connectivity index (χ4v) is 1.64. The summed E-state index contributed by atoms with van der Waals surface area (Å²) >= 11 is 0. The summed E-state index contributed by atoms with van der Waals surface area (Å²) < 4.78 is 1.95. The molecule has 2 aromatic rings. The van der Waals surface area contributed by atoms with E-state index in [9.17, 15) is 5.11 Å². The lowest BCUT2D eigenvalue weighted by atomic mass is 10.0. The van der Waals surface area contributed by atoms with Crippen LogP contribution in [0, 0.1) is 0 Å². The Morgan fingerprint density at radius 2 is 2.20 bits per heavy atom. The molecule has 2 rings (SSSR count). The Balaban J connectivity index is 2.47. The maximum absolute atomic E-state index is 9.40. The first-order valence-corrected chi connectivity index (χ1v) is 4.94. The molecule has 4 heteroatoms. The topological polar surface area (TPSA) is 64.1 Å². The zero-order valence-corrected chi connectivity index (χ0v) is 8.88. The first-order chi connectivity index (χ1) is 7.09. The number of aromatic nitrogens is 2. The smallest absolute Gasteiger partial charge is 0.0955 e. The third kappa shape index (κ3) is 1.73. The standard InChI is InChI=1S/C11H15N3O/c1-7(15)11(12)8-3-4-10-9(5-8)13-6-14(10)2/h3-7,11,15H,12H2,1-2H3. The lowest BCUT2D eigenvalue weighted by molar-refractivity contribution is 0.164. The van der Waals surface area contributed by atoms with Crippen molar-refractivity contribution in [1.29, 1.82) is 0 Å². The Kier molecular flexibility index (Phi) is 2.46. The summed E-state index contributed by atoms with van der Waals surface area (Å²) in [4.78, 5) is 4.25. The summed E-state index contributed by atoms with van der Waals surface area (Å²) in [7, 11) is 1.95. The van der Waals surface area contributed by atoms with Gasteiger partial charge in [-0.1, -0.05) is 6.07 Å². The lowest BCUT2D eigenvalue weighted by Crippen LogP contribution is -2.22. The molecule has 0 radical (unpaired) electrons. The molecule has 15 heavy (non-hydrogen) atoms. The molecule has 2 unspecified atom stereocenters. The maximum Gasteiger partial charge on any atom is 0.0955 e. The van der Waals surface area contributed by atoms with Gasteiger partial charge in [-0.25, -0.2) is 4.98 Å². The van der Waals surface area contributed by atoms with Gasteiger partial charge in [0.1, 0.15) is 0 Å². The normalized spacial score (nSPS) is 15.5. The number of imidazole rings is 1. The van der Waals surface area contributed by atoms with Gasteiger partial charge >= 0.3 is 0 Å². The van der Waals surface area contributed by atoms with Gasteiger partial charge in [0.2, 0.25) is 0 Å². The second kappa shape index (κ2) is 3.64. The first-order valence-electron chi connectivity index (χ1n) is 4.94. The van der Waals surface area contributed by atoms with Crippen LogP contribution in [-0.4, -0.2) is 20.8 Å². The van der Waals surface area contributed by atoms with Gasteiger partial charge in [-0.3, -0.25) is 0 Å². The van der Waals surface area contributed by atoms with Crippen molar-refractivity contribution in [3.63, 3.8) is 0 Å². The summed E-state index contributed by atoms with van der Waals surface area (Å²) in [5, 5.41) is 9.40. The predicted molar refractivity (Wildman–Crippen MR) is 59.3 cm³/mol. The van der Waals surface area contributed by atoms with E-state index in [0.29, 0.717) is 0 Å². The van der Waals surface area contributed by atoms with Crippen LogP contribution in [0.4, 0.5) is 0 Å². The van der Waals surface area contributed by atoms with Gasteiger partial charge < -0.3 is 15.4 Å². The van der Waals surface area contributed by atoms with Gasteiger partial charge in [0.15, 0.2) is 0 Å². The summed E-state index contributed by atoms with van der Waals surface area (Å²) in [5.74, 6) is 0. The van der Waals surface area contributed by atoms with Gasteiger partial charge in [-0.05, 0) is 24.6 Å². The number of benzene rings is 1. The second-order valence-corrected chi connectivity index (χ2v) is 3.87. The van der Waals surface area contributed by atoms with Crippen LogP contribution >= 0.6 is 0 Å². The van der Waals surface area contributed by atoms with E-state index < -0.39 is 6.10 Å². The zero-order chi connectivity index (χ0) is 11.0. The van der Waals surface area contributed by atoms with Crippen LogP contribution in [0.15, 0.2) is 24.5 Å². The average Bonchev–Trinajstić information content (AvgIpc) is 2.59. The van der Waals surface area contributed by atoms with Crippen molar-refractivity contribution in [2.75, 3.05) is 0 Å². The summed E-state index contributed by atoms with van der Waals surface area (Å²) in [5.41, 5.74) is 8.74. The first kappa shape index (κ1) is 10.1. The molecule has 1 aromatic heterocycles. The van der Waals surface area contributed by atoms with Crippen LogP contribution < -0.4 is 5.73 Å². The molecular weight excluding hydrogens is 190 g/mol. The fourth-order valence-electron chi connectivity index (χ4n) is 1.64. The van der Waals surface area contributed by atoms with Crippen LogP contribution in [0.2, 0.25) is 0 Å². The van der Waals surface area contributed by atoms with Crippen LogP contribution in [0.5, 0.6) is 0 Å². The Bertz CT molecular complexity index is 476. The van der Waals surface area contributed by atoms with E-state index in [1.165, 1.54) is 0 Å². The highest BCUT2D eigenvalue weighted by molar-refractivity contribution is 5.76. The number of fused-ring (bicyclic) bond motifs is 1. The summed E-state index contributed by atoms with van der Waals surface area (Å²) in [6.07, 6.45) is 1.22. The van der Waals surface area contributed by atoms with E-state index >= 15 is 0 Å². The van der Waals surface area contributed by atoms with Crippen LogP contribution in [0.3, 0.4) is 0 Å².